The van der Waals surface area contributed by atoms with Gasteiger partial charge in [0.1, 0.15) is 5.60 Å². The molecule has 5 rings (SSSR count). The number of ether oxygens (including phenoxy) is 1. The van der Waals surface area contributed by atoms with Crippen molar-refractivity contribution in [2.75, 3.05) is 13.1 Å². The Balaban J connectivity index is 1.25. The van der Waals surface area contributed by atoms with Crippen LogP contribution in [0.25, 0.3) is 22.4 Å². The highest BCUT2D eigenvalue weighted by Crippen LogP contribution is 2.39. The van der Waals surface area contributed by atoms with Gasteiger partial charge in [-0.15, -0.1) is 0 Å². The molecule has 1 saturated carbocycles. The number of carbonyl (C=O) groups excluding carboxylic acids is 1. The van der Waals surface area contributed by atoms with Crippen LogP contribution in [0.2, 0.25) is 0 Å². The quantitative estimate of drug-likeness (QED) is 0.674. The molecule has 1 aliphatic heterocycles. The van der Waals surface area contributed by atoms with Crippen molar-refractivity contribution in [2.24, 2.45) is 0 Å². The fraction of sp³-hybridized carbons (Fsp3) is 0.500. The highest BCUT2D eigenvalue weighted by molar-refractivity contribution is 5.83. The molecule has 0 radical (unpaired) electrons. The normalized spacial score (nSPS) is 19.1. The molecule has 3 heterocycles. The molecule has 1 amide bonds. The average Bonchev–Trinajstić information content (AvgIpc) is 3.10. The van der Waals surface area contributed by atoms with E-state index in [1.165, 1.54) is 0 Å². The predicted octanol–water partition coefficient (Wildman–Crippen LogP) is 4.05. The lowest BCUT2D eigenvalue weighted by Gasteiger charge is -2.30. The second-order valence-electron chi connectivity index (χ2n) is 8.01. The van der Waals surface area contributed by atoms with Gasteiger partial charge in [-0.1, -0.05) is 16.4 Å². The first-order chi connectivity index (χ1) is 13.5. The topological polar surface area (TPSA) is 94.5 Å². The number of aryl methyl sites for hydroxylation is 1. The molecule has 0 unspecified atom stereocenters. The van der Waals surface area contributed by atoms with Crippen molar-refractivity contribution in [3.63, 3.8) is 0 Å². The SMILES string of the molecule is Cc1noc2cc(-c3noc(C4CCN(C(=O)OC5(C)CC5)CC4)n3)ccc12. The lowest BCUT2D eigenvalue weighted by atomic mass is 9.97. The molecule has 3 aromatic rings. The third-order valence-electron chi connectivity index (χ3n) is 5.74. The van der Waals surface area contributed by atoms with Crippen molar-refractivity contribution < 1.29 is 18.6 Å². The van der Waals surface area contributed by atoms with Crippen molar-refractivity contribution in [1.29, 1.82) is 0 Å². The zero-order valence-electron chi connectivity index (χ0n) is 16.0. The van der Waals surface area contributed by atoms with Crippen molar-refractivity contribution in [1.82, 2.24) is 20.2 Å². The standard InChI is InChI=1S/C20H22N4O4/c1-12-15-4-3-14(11-16(15)27-22-12)17-21-18(28-23-17)13-5-9-24(10-6-13)19(25)26-20(2)7-8-20/h3-4,11,13H,5-10H2,1-2H3. The lowest BCUT2D eigenvalue weighted by molar-refractivity contribution is 0.0510. The van der Waals surface area contributed by atoms with E-state index >= 15 is 0 Å². The van der Waals surface area contributed by atoms with E-state index in [9.17, 15) is 4.79 Å². The van der Waals surface area contributed by atoms with Gasteiger partial charge >= 0.3 is 6.09 Å². The third kappa shape index (κ3) is 3.12. The summed E-state index contributed by atoms with van der Waals surface area (Å²) in [6.45, 7) is 5.17. The zero-order valence-corrected chi connectivity index (χ0v) is 16.0. The Hall–Kier alpha value is -2.90. The summed E-state index contributed by atoms with van der Waals surface area (Å²) in [5.41, 5.74) is 2.16. The molecular formula is C20H22N4O4. The van der Waals surface area contributed by atoms with Crippen molar-refractivity contribution in [2.45, 2.75) is 51.0 Å². The second kappa shape index (κ2) is 6.32. The van der Waals surface area contributed by atoms with E-state index in [-0.39, 0.29) is 17.6 Å². The van der Waals surface area contributed by atoms with Crippen LogP contribution < -0.4 is 0 Å². The number of aromatic nitrogens is 3. The second-order valence-corrected chi connectivity index (χ2v) is 8.01. The van der Waals surface area contributed by atoms with Crippen LogP contribution in [0.1, 0.15) is 50.1 Å². The number of likely N-dealkylation sites (tertiary alicyclic amines) is 1. The van der Waals surface area contributed by atoms with Gasteiger partial charge < -0.3 is 18.7 Å². The van der Waals surface area contributed by atoms with Crippen LogP contribution in [0.3, 0.4) is 0 Å². The van der Waals surface area contributed by atoms with Crippen molar-refractivity contribution >= 4 is 17.1 Å². The molecule has 0 N–H and O–H groups in total. The maximum absolute atomic E-state index is 12.2. The predicted molar refractivity (Wildman–Crippen MR) is 99.7 cm³/mol. The number of carbonyl (C=O) groups is 1. The minimum atomic E-state index is -0.238. The van der Waals surface area contributed by atoms with E-state index in [0.717, 1.165) is 42.3 Å². The molecule has 146 valence electrons. The summed E-state index contributed by atoms with van der Waals surface area (Å²) in [6, 6.07) is 5.77. The molecule has 0 bridgehead atoms. The van der Waals surface area contributed by atoms with Gasteiger partial charge in [0.25, 0.3) is 0 Å². The summed E-state index contributed by atoms with van der Waals surface area (Å²) in [7, 11) is 0. The number of rotatable bonds is 3. The summed E-state index contributed by atoms with van der Waals surface area (Å²) in [5.74, 6) is 1.30. The molecule has 28 heavy (non-hydrogen) atoms. The molecule has 8 heteroatoms. The molecule has 1 saturated heterocycles. The Morgan fingerprint density at radius 1 is 1.21 bits per heavy atom. The Morgan fingerprint density at radius 2 is 2.00 bits per heavy atom. The van der Waals surface area contributed by atoms with Crippen LogP contribution in [0.4, 0.5) is 4.79 Å². The third-order valence-corrected chi connectivity index (χ3v) is 5.74. The van der Waals surface area contributed by atoms with Crippen LogP contribution in [0, 0.1) is 6.92 Å². The molecule has 1 aliphatic carbocycles. The number of hydrogen-bond acceptors (Lipinski definition) is 7. The number of piperidine rings is 1. The maximum Gasteiger partial charge on any atom is 0.410 e. The van der Waals surface area contributed by atoms with Gasteiger partial charge in [-0.05, 0) is 51.7 Å². The number of benzene rings is 1. The molecule has 2 aliphatic rings. The fourth-order valence-electron chi connectivity index (χ4n) is 3.58. The zero-order chi connectivity index (χ0) is 19.3. The van der Waals surface area contributed by atoms with Crippen molar-refractivity contribution in [3.05, 3.63) is 29.8 Å². The van der Waals surface area contributed by atoms with Crippen molar-refractivity contribution in [3.8, 4) is 11.4 Å². The molecule has 2 fully saturated rings. The van der Waals surface area contributed by atoms with E-state index in [2.05, 4.69) is 15.3 Å². The van der Waals surface area contributed by atoms with Crippen LogP contribution >= 0.6 is 0 Å². The van der Waals surface area contributed by atoms with Gasteiger partial charge in [0.05, 0.1) is 5.69 Å². The summed E-state index contributed by atoms with van der Waals surface area (Å²) >= 11 is 0. The number of fused-ring (bicyclic) bond motifs is 1. The largest absolute Gasteiger partial charge is 0.443 e. The highest BCUT2D eigenvalue weighted by atomic mass is 16.6. The smallest absolute Gasteiger partial charge is 0.410 e. The summed E-state index contributed by atoms with van der Waals surface area (Å²) in [4.78, 5) is 18.6. The molecule has 8 nitrogen and oxygen atoms in total. The van der Waals surface area contributed by atoms with Crippen LogP contribution in [-0.4, -0.2) is 45.0 Å². The minimum Gasteiger partial charge on any atom is -0.443 e. The van der Waals surface area contributed by atoms with Gasteiger partial charge in [-0.3, -0.25) is 0 Å². The Kier molecular flexibility index (Phi) is 3.89. The Morgan fingerprint density at radius 3 is 2.75 bits per heavy atom. The van der Waals surface area contributed by atoms with Gasteiger partial charge in [-0.25, -0.2) is 4.79 Å². The van der Waals surface area contributed by atoms with Gasteiger partial charge in [0.15, 0.2) is 5.58 Å². The van der Waals surface area contributed by atoms with Gasteiger partial charge in [0, 0.05) is 30.0 Å². The first kappa shape index (κ1) is 17.2. The first-order valence-electron chi connectivity index (χ1n) is 9.69. The fourth-order valence-corrected chi connectivity index (χ4v) is 3.58. The van der Waals surface area contributed by atoms with E-state index in [1.807, 2.05) is 32.0 Å². The first-order valence-corrected chi connectivity index (χ1v) is 9.69. The summed E-state index contributed by atoms with van der Waals surface area (Å²) in [5, 5.41) is 9.09. The van der Waals surface area contributed by atoms with E-state index in [1.54, 1.807) is 4.90 Å². The monoisotopic (exact) mass is 382 g/mol. The van der Waals surface area contributed by atoms with E-state index in [0.29, 0.717) is 30.4 Å². The maximum atomic E-state index is 12.2. The summed E-state index contributed by atoms with van der Waals surface area (Å²) < 4.78 is 16.4. The number of hydrogen-bond donors (Lipinski definition) is 0. The highest BCUT2D eigenvalue weighted by Gasteiger charge is 2.43. The molecule has 0 atom stereocenters. The molecule has 2 aromatic heterocycles. The molecule has 1 aromatic carbocycles. The van der Waals surface area contributed by atoms with Gasteiger partial charge in [0.2, 0.25) is 11.7 Å². The molecular weight excluding hydrogens is 360 g/mol. The lowest BCUT2D eigenvalue weighted by Crippen LogP contribution is -2.39. The Labute approximate surface area is 161 Å². The number of nitrogens with zero attached hydrogens (tertiary/aromatic N) is 4. The van der Waals surface area contributed by atoms with Gasteiger partial charge in [-0.2, -0.15) is 4.98 Å². The summed E-state index contributed by atoms with van der Waals surface area (Å²) in [6.07, 6.45) is 3.28. The minimum absolute atomic E-state index is 0.151. The average molecular weight is 382 g/mol. The number of amides is 1. The van der Waals surface area contributed by atoms with E-state index < -0.39 is 0 Å². The van der Waals surface area contributed by atoms with Crippen LogP contribution in [0.5, 0.6) is 0 Å². The van der Waals surface area contributed by atoms with E-state index in [4.69, 9.17) is 13.8 Å². The molecule has 0 spiro atoms. The van der Waals surface area contributed by atoms with Crippen LogP contribution in [0.15, 0.2) is 27.2 Å². The van der Waals surface area contributed by atoms with Crippen LogP contribution in [-0.2, 0) is 4.74 Å². The Bertz CT molecular complexity index is 1030.